The van der Waals surface area contributed by atoms with Crippen molar-refractivity contribution in [3.8, 4) is 28.9 Å². The molecule has 2 aromatic heterocycles. The number of phenols is 1. The van der Waals surface area contributed by atoms with E-state index in [2.05, 4.69) is 19.9 Å². The number of pyridine rings is 1. The molecule has 1 aliphatic heterocycles. The van der Waals surface area contributed by atoms with Crippen LogP contribution in [-0.2, 0) is 4.74 Å². The summed E-state index contributed by atoms with van der Waals surface area (Å²) in [6, 6.07) is 8.73. The maximum atomic E-state index is 15.6. The first-order valence-corrected chi connectivity index (χ1v) is 13.9. The first kappa shape index (κ1) is 30.2. The smallest absolute Gasteiger partial charge is 0.341 e. The van der Waals surface area contributed by atoms with Gasteiger partial charge in [-0.1, -0.05) is 0 Å². The highest BCUT2D eigenvalue weighted by Crippen LogP contribution is 2.39. The van der Waals surface area contributed by atoms with Crippen molar-refractivity contribution in [1.29, 1.82) is 5.41 Å². The summed E-state index contributed by atoms with van der Waals surface area (Å²) in [4.78, 5) is 31.1. The molecule has 0 fully saturated rings. The highest BCUT2D eigenvalue weighted by atomic mass is 32.2. The monoisotopic (exact) mass is 621 g/mol. The molecule has 0 unspecified atom stereocenters. The predicted molar refractivity (Wildman–Crippen MR) is 156 cm³/mol. The number of hydrogen-bond donors (Lipinski definition) is 3. The van der Waals surface area contributed by atoms with Crippen LogP contribution in [0.25, 0.3) is 0 Å². The summed E-state index contributed by atoms with van der Waals surface area (Å²) in [5.74, 6) is -4.65. The maximum absolute atomic E-state index is 15.6. The Labute approximate surface area is 254 Å². The van der Waals surface area contributed by atoms with Crippen LogP contribution in [0.5, 0.6) is 28.9 Å². The number of nitrogen functional groups attached to an aromatic ring is 1. The van der Waals surface area contributed by atoms with Crippen molar-refractivity contribution >= 4 is 29.4 Å². The lowest BCUT2D eigenvalue weighted by Gasteiger charge is -2.19. The summed E-state index contributed by atoms with van der Waals surface area (Å²) in [6.45, 7) is 3.07. The molecule has 0 bridgehead atoms. The van der Waals surface area contributed by atoms with Gasteiger partial charge in [0.05, 0.1) is 30.5 Å². The highest BCUT2D eigenvalue weighted by molar-refractivity contribution is 7.99. The number of aromatic hydroxyl groups is 1. The Balaban J connectivity index is 1.45. The number of carbonyl (C=O) groups is 1. The summed E-state index contributed by atoms with van der Waals surface area (Å²) in [6.07, 6.45) is 3.45. The van der Waals surface area contributed by atoms with Gasteiger partial charge in [0.25, 0.3) is 5.88 Å². The van der Waals surface area contributed by atoms with Crippen LogP contribution in [-0.4, -0.2) is 69.3 Å². The first-order valence-electron chi connectivity index (χ1n) is 13.1. The number of amidine groups is 2. The van der Waals surface area contributed by atoms with Crippen LogP contribution >= 0.6 is 11.8 Å². The molecule has 2 aromatic carbocycles. The average molecular weight is 622 g/mol. The van der Waals surface area contributed by atoms with Crippen molar-refractivity contribution in [3.63, 3.8) is 0 Å². The number of phenolic OH excluding ortho intramolecular Hbond substituents is 1. The normalized spacial score (nSPS) is 12.5. The quantitative estimate of drug-likeness (QED) is 0.0967. The molecule has 0 aliphatic carbocycles. The standard InChI is InChI=1S/C29H25F2N7O5S/c1-3-41-28(40)16-12-36-29(37-13-16)44-17-5-7-21(18(11-17)26-34-8-9-38(26)2)42-24-19(30)14-35-27(23(24)31)43-22-10-15(25(32)33)4-6-20(22)39/h4-7,10-14,39H,3,8-9H2,1-2H3,(H3,32,33). The lowest BCUT2D eigenvalue weighted by molar-refractivity contribution is 0.0525. The minimum atomic E-state index is -1.26. The van der Waals surface area contributed by atoms with Crippen LogP contribution in [0, 0.1) is 17.0 Å². The Morgan fingerprint density at radius 1 is 1.07 bits per heavy atom. The van der Waals surface area contributed by atoms with E-state index in [1.165, 1.54) is 48.4 Å². The van der Waals surface area contributed by atoms with Gasteiger partial charge in [-0.3, -0.25) is 10.4 Å². The SMILES string of the molecule is CCOC(=O)c1cnc(Sc2ccc(Oc3c(F)cnc(Oc4cc(C(=N)N)ccc4O)c3F)c(C3=NCCN3C)c2)nc1. The lowest BCUT2D eigenvalue weighted by Crippen LogP contribution is -2.24. The molecular weight excluding hydrogens is 596 g/mol. The summed E-state index contributed by atoms with van der Waals surface area (Å²) in [5, 5.41) is 18.1. The van der Waals surface area contributed by atoms with Crippen molar-refractivity contribution in [2.75, 3.05) is 26.7 Å². The van der Waals surface area contributed by atoms with Gasteiger partial charge in [-0.25, -0.2) is 24.1 Å². The van der Waals surface area contributed by atoms with Gasteiger partial charge >= 0.3 is 5.97 Å². The Morgan fingerprint density at radius 3 is 2.52 bits per heavy atom. The first-order chi connectivity index (χ1) is 21.1. The number of aromatic nitrogens is 3. The number of nitrogens with two attached hydrogens (primary N) is 1. The minimum absolute atomic E-state index is 0.0943. The molecule has 44 heavy (non-hydrogen) atoms. The van der Waals surface area contributed by atoms with E-state index in [9.17, 15) is 14.3 Å². The average Bonchev–Trinajstić information content (AvgIpc) is 3.44. The van der Waals surface area contributed by atoms with E-state index >= 15 is 4.39 Å². The number of aliphatic imine (C=N–C) groups is 1. The summed E-state index contributed by atoms with van der Waals surface area (Å²) >= 11 is 1.20. The molecule has 1 aliphatic rings. The molecule has 5 rings (SSSR count). The third-order valence-electron chi connectivity index (χ3n) is 6.19. The largest absolute Gasteiger partial charge is 0.504 e. The second-order valence-electron chi connectivity index (χ2n) is 9.22. The summed E-state index contributed by atoms with van der Waals surface area (Å²) in [5.41, 5.74) is 6.36. The van der Waals surface area contributed by atoms with Crippen LogP contribution in [0.4, 0.5) is 8.78 Å². The van der Waals surface area contributed by atoms with Crippen LogP contribution in [0.3, 0.4) is 0 Å². The fourth-order valence-electron chi connectivity index (χ4n) is 4.03. The third kappa shape index (κ3) is 6.52. The Kier molecular flexibility index (Phi) is 8.85. The predicted octanol–water partition coefficient (Wildman–Crippen LogP) is 4.74. The topological polar surface area (TPSA) is 169 Å². The number of rotatable bonds is 10. The van der Waals surface area contributed by atoms with E-state index in [-0.39, 0.29) is 40.8 Å². The van der Waals surface area contributed by atoms with Crippen LogP contribution in [0.2, 0.25) is 0 Å². The van der Waals surface area contributed by atoms with E-state index < -0.39 is 29.2 Å². The zero-order valence-corrected chi connectivity index (χ0v) is 24.2. The summed E-state index contributed by atoms with van der Waals surface area (Å²) < 4.78 is 46.7. The van der Waals surface area contributed by atoms with Gasteiger partial charge in [0.1, 0.15) is 17.4 Å². The fraction of sp³-hybridized carbons (Fsp3) is 0.172. The van der Waals surface area contributed by atoms with Gasteiger partial charge in [0, 0.05) is 36.4 Å². The second-order valence-corrected chi connectivity index (χ2v) is 10.3. The van der Waals surface area contributed by atoms with Gasteiger partial charge in [-0.15, -0.1) is 0 Å². The van der Waals surface area contributed by atoms with E-state index in [0.717, 1.165) is 6.20 Å². The molecule has 0 saturated heterocycles. The Morgan fingerprint density at radius 2 is 1.84 bits per heavy atom. The van der Waals surface area contributed by atoms with Gasteiger partial charge in [-0.2, -0.15) is 4.39 Å². The van der Waals surface area contributed by atoms with Crippen molar-refractivity contribution in [1.82, 2.24) is 19.9 Å². The number of nitrogens with zero attached hydrogens (tertiary/aromatic N) is 5. The molecule has 0 radical (unpaired) electrons. The molecule has 0 amide bonds. The van der Waals surface area contributed by atoms with E-state index in [0.29, 0.717) is 34.5 Å². The molecule has 226 valence electrons. The second kappa shape index (κ2) is 12.9. The number of hydrogen-bond acceptors (Lipinski definition) is 12. The van der Waals surface area contributed by atoms with E-state index in [4.69, 9.17) is 25.4 Å². The van der Waals surface area contributed by atoms with Gasteiger partial charge in [-0.05, 0) is 55.1 Å². The van der Waals surface area contributed by atoms with Crippen LogP contribution in [0.1, 0.15) is 28.4 Å². The number of nitrogens with one attached hydrogen (secondary N) is 1. The zero-order chi connectivity index (χ0) is 31.4. The number of esters is 1. The molecule has 15 heteroatoms. The number of benzene rings is 2. The van der Waals surface area contributed by atoms with Crippen molar-refractivity contribution in [2.45, 2.75) is 17.0 Å². The maximum Gasteiger partial charge on any atom is 0.341 e. The van der Waals surface area contributed by atoms with Gasteiger partial charge < -0.3 is 30.0 Å². The number of carbonyl (C=O) groups excluding carboxylic acids is 1. The molecule has 0 spiro atoms. The Bertz CT molecular complexity index is 1770. The zero-order valence-electron chi connectivity index (χ0n) is 23.4. The molecule has 12 nitrogen and oxygen atoms in total. The van der Waals surface area contributed by atoms with Gasteiger partial charge in [0.15, 0.2) is 22.5 Å². The number of likely N-dealkylation sites (N-methyl/N-ethyl adjacent to an activating group) is 1. The van der Waals surface area contributed by atoms with Crippen LogP contribution in [0.15, 0.2) is 70.0 Å². The Hall–Kier alpha value is -5.31. The van der Waals surface area contributed by atoms with Crippen molar-refractivity contribution < 1.29 is 32.9 Å². The molecule has 0 atom stereocenters. The lowest BCUT2D eigenvalue weighted by atomic mass is 10.1. The molecular formula is C29H25F2N7O5S. The molecule has 4 N–H and O–H groups in total. The molecule has 4 aromatic rings. The van der Waals surface area contributed by atoms with E-state index in [1.54, 1.807) is 19.1 Å². The van der Waals surface area contributed by atoms with Crippen molar-refractivity contribution in [3.05, 3.63) is 83.3 Å². The van der Waals surface area contributed by atoms with E-state index in [1.807, 2.05) is 11.9 Å². The number of ether oxygens (including phenoxy) is 3. The number of halogens is 2. The summed E-state index contributed by atoms with van der Waals surface area (Å²) in [7, 11) is 1.83. The van der Waals surface area contributed by atoms with Crippen molar-refractivity contribution in [2.24, 2.45) is 10.7 Å². The minimum Gasteiger partial charge on any atom is -0.504 e. The van der Waals surface area contributed by atoms with Crippen LogP contribution < -0.4 is 15.2 Å². The fourth-order valence-corrected chi connectivity index (χ4v) is 4.76. The highest BCUT2D eigenvalue weighted by Gasteiger charge is 2.25. The third-order valence-corrected chi connectivity index (χ3v) is 7.07. The molecule has 0 saturated carbocycles. The molecule has 3 heterocycles. The van der Waals surface area contributed by atoms with Gasteiger partial charge in [0.2, 0.25) is 11.6 Å².